The van der Waals surface area contributed by atoms with E-state index in [1.54, 1.807) is 30.3 Å². The van der Waals surface area contributed by atoms with Gasteiger partial charge in [-0.15, -0.1) is 0 Å². The van der Waals surface area contributed by atoms with Gasteiger partial charge in [-0.3, -0.25) is 4.79 Å². The van der Waals surface area contributed by atoms with E-state index < -0.39 is 39.4 Å². The Morgan fingerprint density at radius 2 is 1.88 bits per heavy atom. The molecule has 1 heterocycles. The van der Waals surface area contributed by atoms with Crippen LogP contribution >= 0.6 is 23.2 Å². The number of ketones is 1. The zero-order valence-corrected chi connectivity index (χ0v) is 15.4. The van der Waals surface area contributed by atoms with Crippen molar-refractivity contribution < 1.29 is 23.5 Å². The summed E-state index contributed by atoms with van der Waals surface area (Å²) in [4.78, 5) is 12.7. The minimum Gasteiger partial charge on any atom is -0.460 e. The number of rotatable bonds is 5. The predicted molar refractivity (Wildman–Crippen MR) is 96.7 cm³/mol. The molecule has 0 aromatic heterocycles. The van der Waals surface area contributed by atoms with E-state index in [0.29, 0.717) is 10.6 Å². The molecule has 0 spiro atoms. The summed E-state index contributed by atoms with van der Waals surface area (Å²) in [5.41, 5.74) is 6.04. The van der Waals surface area contributed by atoms with E-state index in [4.69, 9.17) is 39.2 Å². The molecule has 0 saturated carbocycles. The van der Waals surface area contributed by atoms with Crippen LogP contribution in [0.1, 0.15) is 18.6 Å². The highest BCUT2D eigenvalue weighted by molar-refractivity contribution is 7.86. The fraction of sp³-hybridized carbons (Fsp3) is 0.118. The molecule has 2 aromatic rings. The molecule has 0 radical (unpaired) electrons. The maximum atomic E-state index is 12.7. The lowest BCUT2D eigenvalue weighted by molar-refractivity contribution is -0.123. The van der Waals surface area contributed by atoms with E-state index in [2.05, 4.69) is 0 Å². The summed E-state index contributed by atoms with van der Waals surface area (Å²) in [6.07, 6.45) is -2.37. The Bertz CT molecular complexity index is 1040. The molecule has 0 bridgehead atoms. The van der Waals surface area contributed by atoms with Gasteiger partial charge < -0.3 is 14.7 Å². The predicted octanol–water partition coefficient (Wildman–Crippen LogP) is 3.31. The average molecular weight is 415 g/mol. The van der Waals surface area contributed by atoms with E-state index in [1.807, 2.05) is 0 Å². The molecule has 0 aliphatic carbocycles. The van der Waals surface area contributed by atoms with Gasteiger partial charge in [0, 0.05) is 15.6 Å². The molecule has 1 aliphatic heterocycles. The number of carbonyl (C=O) groups is 1. The van der Waals surface area contributed by atoms with E-state index in [1.165, 1.54) is 18.2 Å². The molecule has 6 nitrogen and oxygen atoms in total. The minimum atomic E-state index is -4.21. The molecule has 0 unspecified atom stereocenters. The van der Waals surface area contributed by atoms with Crippen LogP contribution in [-0.4, -0.2) is 14.2 Å². The first-order valence-corrected chi connectivity index (χ1v) is 9.61. The van der Waals surface area contributed by atoms with E-state index in [9.17, 15) is 13.2 Å². The Hall–Kier alpha value is -2.22. The lowest BCUT2D eigenvalue weighted by Gasteiger charge is -2.12. The summed E-state index contributed by atoms with van der Waals surface area (Å²) >= 11 is 11.9. The standard InChI is InChI=1S/C17H13Cl2NO5S/c18-11-6-7-12(13(19)8-11)15-14(21)16(17(20)24-15)25-26(22,23)9-10-4-2-1-3-5-10/h1-8,15H,9,20H2/t15-/m0/s1/i15D. The van der Waals surface area contributed by atoms with Crippen LogP contribution in [0, 0.1) is 0 Å². The molecule has 1 atom stereocenters. The van der Waals surface area contributed by atoms with Gasteiger partial charge >= 0.3 is 10.1 Å². The van der Waals surface area contributed by atoms with E-state index in [0.717, 1.165) is 0 Å². The first-order chi connectivity index (χ1) is 12.6. The molecular weight excluding hydrogens is 401 g/mol. The Kier molecular flexibility index (Phi) is 4.76. The van der Waals surface area contributed by atoms with Crippen molar-refractivity contribution in [2.24, 2.45) is 5.73 Å². The van der Waals surface area contributed by atoms with Gasteiger partial charge in [0.15, 0.2) is 6.08 Å². The maximum absolute atomic E-state index is 12.7. The van der Waals surface area contributed by atoms with Crippen LogP contribution in [-0.2, 0) is 29.6 Å². The summed E-state index contributed by atoms with van der Waals surface area (Å²) in [5, 5.41) is 0.285. The number of hydrogen-bond acceptors (Lipinski definition) is 6. The number of Topliss-reactive ketones (excluding diaryl/α,β-unsaturated/α-hetero) is 1. The number of ether oxygens (including phenoxy) is 1. The van der Waals surface area contributed by atoms with Crippen molar-refractivity contribution in [2.75, 3.05) is 0 Å². The normalized spacial score (nSPS) is 20.7. The van der Waals surface area contributed by atoms with Crippen LogP contribution in [0.3, 0.4) is 0 Å². The average Bonchev–Trinajstić information content (AvgIpc) is 2.79. The molecule has 2 N–H and O–H groups in total. The summed E-state index contributed by atoms with van der Waals surface area (Å²) < 4.78 is 42.9. The van der Waals surface area contributed by atoms with Gasteiger partial charge in [0.2, 0.25) is 17.4 Å². The van der Waals surface area contributed by atoms with Crippen molar-refractivity contribution in [3.05, 3.63) is 81.3 Å². The van der Waals surface area contributed by atoms with Gasteiger partial charge in [0.25, 0.3) is 0 Å². The van der Waals surface area contributed by atoms with Crippen LogP contribution in [0.2, 0.25) is 10.0 Å². The lowest BCUT2D eigenvalue weighted by Crippen LogP contribution is -2.16. The third-order valence-corrected chi connectivity index (χ3v) is 5.08. The highest BCUT2D eigenvalue weighted by Crippen LogP contribution is 2.36. The summed E-state index contributed by atoms with van der Waals surface area (Å²) in [6.45, 7) is 0. The van der Waals surface area contributed by atoms with Crippen molar-refractivity contribution in [1.29, 1.82) is 0 Å². The maximum Gasteiger partial charge on any atom is 0.313 e. The van der Waals surface area contributed by atoms with Crippen LogP contribution in [0.15, 0.2) is 60.2 Å². The van der Waals surface area contributed by atoms with Crippen LogP contribution < -0.4 is 5.73 Å². The summed E-state index contributed by atoms with van der Waals surface area (Å²) in [6, 6.07) is 12.3. The van der Waals surface area contributed by atoms with Crippen molar-refractivity contribution >= 4 is 39.1 Å². The molecule has 9 heteroatoms. The number of halogens is 2. The third-order valence-electron chi connectivity index (χ3n) is 3.42. The van der Waals surface area contributed by atoms with Crippen molar-refractivity contribution in [1.82, 2.24) is 0 Å². The second-order valence-corrected chi connectivity index (χ2v) is 7.76. The Balaban J connectivity index is 1.87. The van der Waals surface area contributed by atoms with Crippen LogP contribution in [0.25, 0.3) is 0 Å². The molecular formula is C17H13Cl2NO5S. The van der Waals surface area contributed by atoms with E-state index >= 15 is 0 Å². The summed E-state index contributed by atoms with van der Waals surface area (Å²) in [7, 11) is -4.21. The van der Waals surface area contributed by atoms with E-state index in [-0.39, 0.29) is 10.6 Å². The van der Waals surface area contributed by atoms with Gasteiger partial charge in [0.05, 0.1) is 1.37 Å². The van der Waals surface area contributed by atoms with Gasteiger partial charge in [-0.2, -0.15) is 8.42 Å². The van der Waals surface area contributed by atoms with Crippen LogP contribution in [0.4, 0.5) is 0 Å². The number of carbonyl (C=O) groups excluding carboxylic acids is 1. The first-order valence-electron chi connectivity index (χ1n) is 7.77. The summed E-state index contributed by atoms with van der Waals surface area (Å²) in [5.74, 6) is -2.93. The number of nitrogens with two attached hydrogens (primary N) is 1. The molecule has 2 aromatic carbocycles. The smallest absolute Gasteiger partial charge is 0.313 e. The lowest BCUT2D eigenvalue weighted by atomic mass is 10.1. The fourth-order valence-corrected chi connectivity index (χ4v) is 3.85. The number of benzene rings is 2. The minimum absolute atomic E-state index is 0.00737. The molecule has 0 fully saturated rings. The fourth-order valence-electron chi connectivity index (χ4n) is 2.28. The monoisotopic (exact) mass is 414 g/mol. The van der Waals surface area contributed by atoms with Gasteiger partial charge in [-0.05, 0) is 17.7 Å². The largest absolute Gasteiger partial charge is 0.460 e. The SMILES string of the molecule is [2H][C@@]1(c2ccc(Cl)cc2Cl)OC(N)=C(OS(=O)(=O)Cc2ccccc2)C1=O. The third kappa shape index (κ3) is 3.95. The Morgan fingerprint density at radius 1 is 1.19 bits per heavy atom. The van der Waals surface area contributed by atoms with Gasteiger partial charge in [0.1, 0.15) is 5.75 Å². The van der Waals surface area contributed by atoms with Crippen molar-refractivity contribution in [2.45, 2.75) is 11.8 Å². The first kappa shape index (κ1) is 17.2. The van der Waals surface area contributed by atoms with Crippen molar-refractivity contribution in [3.8, 4) is 0 Å². The highest BCUT2D eigenvalue weighted by atomic mass is 35.5. The van der Waals surface area contributed by atoms with Gasteiger partial charge in [-0.1, -0.05) is 59.6 Å². The molecule has 1 aliphatic rings. The molecule has 26 heavy (non-hydrogen) atoms. The molecule has 3 rings (SSSR count). The second kappa shape index (κ2) is 7.19. The molecule has 0 saturated heterocycles. The quantitative estimate of drug-likeness (QED) is 0.753. The highest BCUT2D eigenvalue weighted by Gasteiger charge is 2.40. The number of hydrogen-bond donors (Lipinski definition) is 1. The zero-order valence-electron chi connectivity index (χ0n) is 14.1. The second-order valence-electron chi connectivity index (χ2n) is 5.35. The Labute approximate surface area is 161 Å². The van der Waals surface area contributed by atoms with Crippen molar-refractivity contribution in [3.63, 3.8) is 0 Å². The zero-order chi connectivity index (χ0) is 19.8. The van der Waals surface area contributed by atoms with Gasteiger partial charge in [-0.25, -0.2) is 0 Å². The molecule has 136 valence electrons. The topological polar surface area (TPSA) is 95.7 Å². The molecule has 0 amide bonds. The van der Waals surface area contributed by atoms with Crippen LogP contribution in [0.5, 0.6) is 0 Å². The Morgan fingerprint density at radius 3 is 2.54 bits per heavy atom.